The van der Waals surface area contributed by atoms with Gasteiger partial charge in [0.1, 0.15) is 10.6 Å². The van der Waals surface area contributed by atoms with Crippen LogP contribution in [0.15, 0.2) is 51.7 Å². The minimum atomic E-state index is -0.624. The first kappa shape index (κ1) is 22.5. The zero-order chi connectivity index (χ0) is 23.7. The van der Waals surface area contributed by atoms with Gasteiger partial charge in [0.25, 0.3) is 11.2 Å². The lowest BCUT2D eigenvalue weighted by Crippen LogP contribution is -2.15. The van der Waals surface area contributed by atoms with Crippen LogP contribution in [0, 0.1) is 24.0 Å². The fourth-order valence-electron chi connectivity index (χ4n) is 3.37. The number of fused-ring (bicyclic) bond motifs is 1. The van der Waals surface area contributed by atoms with Crippen molar-refractivity contribution in [1.82, 2.24) is 9.97 Å². The van der Waals surface area contributed by atoms with Gasteiger partial charge >= 0.3 is 0 Å². The lowest BCUT2D eigenvalue weighted by Gasteiger charge is -2.07. The summed E-state index contributed by atoms with van der Waals surface area (Å²) < 4.78 is 0. The number of benzene rings is 2. The summed E-state index contributed by atoms with van der Waals surface area (Å²) in [7, 11) is 0. The Kier molecular flexibility index (Phi) is 6.16. The number of carbonyl (C=O) groups is 1. The summed E-state index contributed by atoms with van der Waals surface area (Å²) in [5, 5.41) is 25.8. The number of anilines is 1. The molecule has 33 heavy (non-hydrogen) atoms. The molecule has 11 heteroatoms. The van der Waals surface area contributed by atoms with Crippen molar-refractivity contribution in [3.05, 3.63) is 73.4 Å². The Bertz CT molecular complexity index is 1460. The van der Waals surface area contributed by atoms with Crippen molar-refractivity contribution >= 4 is 50.6 Å². The number of hydrogen-bond donors (Lipinski definition) is 3. The number of carbonyl (C=O) groups excluding carboxylic acids is 1. The van der Waals surface area contributed by atoms with E-state index in [4.69, 9.17) is 0 Å². The number of thiophene rings is 1. The van der Waals surface area contributed by atoms with E-state index in [-0.39, 0.29) is 33.6 Å². The van der Waals surface area contributed by atoms with Crippen molar-refractivity contribution in [2.75, 3.05) is 11.1 Å². The van der Waals surface area contributed by atoms with Gasteiger partial charge in [-0.3, -0.25) is 19.7 Å². The quantitative estimate of drug-likeness (QED) is 0.120. The molecule has 0 fully saturated rings. The second-order valence-electron chi connectivity index (χ2n) is 7.31. The molecule has 0 aliphatic heterocycles. The Morgan fingerprint density at radius 3 is 2.76 bits per heavy atom. The number of nitrogens with one attached hydrogen (secondary N) is 2. The highest BCUT2D eigenvalue weighted by Crippen LogP contribution is 2.34. The molecule has 9 nitrogen and oxygen atoms in total. The Morgan fingerprint density at radius 2 is 2.03 bits per heavy atom. The third-order valence-corrected chi connectivity index (χ3v) is 6.64. The smallest absolute Gasteiger partial charge is 0.271 e. The topological polar surface area (TPSA) is 138 Å². The van der Waals surface area contributed by atoms with Crippen molar-refractivity contribution in [2.24, 2.45) is 0 Å². The molecular formula is C22H18N4O5S2. The summed E-state index contributed by atoms with van der Waals surface area (Å²) in [6.07, 6.45) is 0. The molecule has 2 aromatic carbocycles. The zero-order valence-corrected chi connectivity index (χ0v) is 19.2. The summed E-state index contributed by atoms with van der Waals surface area (Å²) in [4.78, 5) is 43.1. The van der Waals surface area contributed by atoms with Gasteiger partial charge in [0.15, 0.2) is 5.16 Å². The number of thioether (sulfide) groups is 1. The average molecular weight is 483 g/mol. The molecule has 2 heterocycles. The lowest BCUT2D eigenvalue weighted by molar-refractivity contribution is -0.384. The van der Waals surface area contributed by atoms with Crippen molar-refractivity contribution in [1.29, 1.82) is 0 Å². The molecule has 4 aromatic rings. The standard InChI is InChI=1S/C22H18N4O5S2/c1-11-3-5-14(12(2)7-11)15-9-32-21-19(15)20(29)24-22(25-21)33-10-18(28)23-16-8-13(26(30)31)4-6-17(16)27/h3-9,27H,10H2,1-2H3,(H,23,28)(H,24,25,29). The molecule has 0 atom stereocenters. The van der Waals surface area contributed by atoms with E-state index >= 15 is 0 Å². The average Bonchev–Trinajstić information content (AvgIpc) is 3.18. The summed E-state index contributed by atoms with van der Waals surface area (Å²) in [5.74, 6) is -0.920. The number of aryl methyl sites for hydroxylation is 2. The van der Waals surface area contributed by atoms with Crippen molar-refractivity contribution in [2.45, 2.75) is 19.0 Å². The Labute approximate surface area is 195 Å². The molecule has 168 valence electrons. The van der Waals surface area contributed by atoms with E-state index in [0.717, 1.165) is 52.2 Å². The number of phenols is 1. The van der Waals surface area contributed by atoms with E-state index in [2.05, 4.69) is 21.4 Å². The van der Waals surface area contributed by atoms with Crippen LogP contribution >= 0.6 is 23.1 Å². The molecule has 2 aromatic heterocycles. The molecule has 0 aliphatic rings. The summed E-state index contributed by atoms with van der Waals surface area (Å²) in [5.41, 5.74) is 3.36. The van der Waals surface area contributed by atoms with Gasteiger partial charge in [-0.15, -0.1) is 11.3 Å². The predicted molar refractivity (Wildman–Crippen MR) is 129 cm³/mol. The lowest BCUT2D eigenvalue weighted by atomic mass is 9.99. The second-order valence-corrected chi connectivity index (χ2v) is 9.14. The third-order valence-electron chi connectivity index (χ3n) is 4.90. The maximum atomic E-state index is 12.8. The Hall–Kier alpha value is -3.70. The summed E-state index contributed by atoms with van der Waals surface area (Å²) in [6.45, 7) is 4.01. The number of phenolic OH excluding ortho intramolecular Hbond substituents is 1. The predicted octanol–water partition coefficient (Wildman–Crippen LogP) is 4.61. The monoisotopic (exact) mass is 482 g/mol. The van der Waals surface area contributed by atoms with E-state index in [1.807, 2.05) is 31.4 Å². The number of aromatic hydroxyl groups is 1. The zero-order valence-electron chi connectivity index (χ0n) is 17.5. The number of nitrogens with zero attached hydrogens (tertiary/aromatic N) is 2. The fourth-order valence-corrected chi connectivity index (χ4v) is 5.03. The minimum absolute atomic E-state index is 0.0666. The number of aromatic amines is 1. The third kappa shape index (κ3) is 4.73. The van der Waals surface area contributed by atoms with Crippen molar-refractivity contribution in [3.8, 4) is 16.9 Å². The molecule has 0 bridgehead atoms. The highest BCUT2D eigenvalue weighted by Gasteiger charge is 2.16. The molecule has 3 N–H and O–H groups in total. The summed E-state index contributed by atoms with van der Waals surface area (Å²) in [6, 6.07) is 9.39. The van der Waals surface area contributed by atoms with Crippen LogP contribution in [0.2, 0.25) is 0 Å². The molecule has 4 rings (SSSR count). The molecule has 0 aliphatic carbocycles. The number of aromatic nitrogens is 2. The molecule has 0 saturated heterocycles. The van der Waals surface area contributed by atoms with Gasteiger partial charge in [0.2, 0.25) is 5.91 Å². The van der Waals surface area contributed by atoms with Crippen LogP contribution in [0.5, 0.6) is 5.75 Å². The first-order valence-electron chi connectivity index (χ1n) is 9.72. The van der Waals surface area contributed by atoms with Gasteiger partial charge < -0.3 is 15.4 Å². The van der Waals surface area contributed by atoms with E-state index in [1.54, 1.807) is 0 Å². The molecule has 0 spiro atoms. The van der Waals surface area contributed by atoms with Crippen LogP contribution in [-0.4, -0.2) is 31.7 Å². The highest BCUT2D eigenvalue weighted by atomic mass is 32.2. The number of nitro benzene ring substituents is 1. The number of hydrogen-bond acceptors (Lipinski definition) is 8. The Morgan fingerprint density at radius 1 is 1.24 bits per heavy atom. The first-order chi connectivity index (χ1) is 15.7. The van der Waals surface area contributed by atoms with E-state index < -0.39 is 10.8 Å². The van der Waals surface area contributed by atoms with Crippen LogP contribution in [0.3, 0.4) is 0 Å². The van der Waals surface area contributed by atoms with Gasteiger partial charge in [-0.25, -0.2) is 4.98 Å². The maximum Gasteiger partial charge on any atom is 0.271 e. The minimum Gasteiger partial charge on any atom is -0.506 e. The van der Waals surface area contributed by atoms with Crippen molar-refractivity contribution < 1.29 is 14.8 Å². The van der Waals surface area contributed by atoms with Crippen LogP contribution in [0.25, 0.3) is 21.3 Å². The Balaban J connectivity index is 1.52. The number of H-pyrrole nitrogens is 1. The normalized spacial score (nSPS) is 11.0. The van der Waals surface area contributed by atoms with Gasteiger partial charge in [-0.05, 0) is 31.0 Å². The van der Waals surface area contributed by atoms with Gasteiger partial charge in [-0.1, -0.05) is 35.5 Å². The number of non-ortho nitro benzene ring substituents is 1. The van der Waals surface area contributed by atoms with Gasteiger partial charge in [0, 0.05) is 23.1 Å². The number of rotatable bonds is 6. The number of amides is 1. The molecule has 0 radical (unpaired) electrons. The first-order valence-corrected chi connectivity index (χ1v) is 11.6. The van der Waals surface area contributed by atoms with Crippen LogP contribution < -0.4 is 10.9 Å². The summed E-state index contributed by atoms with van der Waals surface area (Å²) >= 11 is 2.37. The van der Waals surface area contributed by atoms with Crippen LogP contribution in [-0.2, 0) is 4.79 Å². The van der Waals surface area contributed by atoms with E-state index in [0.29, 0.717) is 10.2 Å². The number of nitro groups is 1. The van der Waals surface area contributed by atoms with Crippen LogP contribution in [0.1, 0.15) is 11.1 Å². The van der Waals surface area contributed by atoms with Gasteiger partial charge in [-0.2, -0.15) is 0 Å². The van der Waals surface area contributed by atoms with E-state index in [9.17, 15) is 24.8 Å². The second kappa shape index (κ2) is 9.04. The highest BCUT2D eigenvalue weighted by molar-refractivity contribution is 7.99. The maximum absolute atomic E-state index is 12.8. The SMILES string of the molecule is Cc1ccc(-c2csc3nc(SCC(=O)Nc4cc([N+](=O)[O-])ccc4O)[nH]c(=O)c23)c(C)c1. The molecule has 0 saturated carbocycles. The van der Waals surface area contributed by atoms with E-state index in [1.165, 1.54) is 11.3 Å². The fraction of sp³-hybridized carbons (Fsp3) is 0.136. The van der Waals surface area contributed by atoms with Crippen molar-refractivity contribution in [3.63, 3.8) is 0 Å². The molecular weight excluding hydrogens is 464 g/mol. The molecule has 1 amide bonds. The largest absolute Gasteiger partial charge is 0.506 e. The van der Waals surface area contributed by atoms with Crippen LogP contribution in [0.4, 0.5) is 11.4 Å². The van der Waals surface area contributed by atoms with Gasteiger partial charge in [0.05, 0.1) is 21.7 Å². The molecule has 0 unspecified atom stereocenters.